The highest BCUT2D eigenvalue weighted by Crippen LogP contribution is 2.30. The fraction of sp³-hybridized carbons (Fsp3) is 0.161. The lowest BCUT2D eigenvalue weighted by atomic mass is 10.1. The molecule has 1 aromatic heterocycles. The molecule has 2 heterocycles. The monoisotopic (exact) mass is 604 g/mol. The smallest absolute Gasteiger partial charge is 0.416 e. The molecule has 0 atom stereocenters. The molecule has 0 saturated carbocycles. The molecule has 0 aliphatic carbocycles. The molecule has 1 aliphatic rings. The number of amides is 3. The zero-order valence-electron chi connectivity index (χ0n) is 23.6. The Morgan fingerprint density at radius 1 is 0.932 bits per heavy atom. The van der Waals surface area contributed by atoms with Crippen molar-refractivity contribution < 1.29 is 32.2 Å². The molecule has 44 heavy (non-hydrogen) atoms. The Kier molecular flexibility index (Phi) is 8.65. The van der Waals surface area contributed by atoms with Crippen molar-refractivity contribution in [2.75, 3.05) is 34.3 Å². The van der Waals surface area contributed by atoms with Gasteiger partial charge in [0.2, 0.25) is 12.7 Å². The molecular weight excluding hydrogens is 577 g/mol. The van der Waals surface area contributed by atoms with Crippen LogP contribution in [0.4, 0.5) is 41.0 Å². The number of nitrogens with one attached hydrogen (secondary N) is 2. The van der Waals surface area contributed by atoms with E-state index in [9.17, 15) is 22.8 Å². The molecule has 4 aromatic rings. The normalized spacial score (nSPS) is 12.4. The topological polar surface area (TPSA) is 109 Å². The number of aromatic nitrogens is 2. The van der Waals surface area contributed by atoms with Crippen LogP contribution in [-0.2, 0) is 22.2 Å². The minimum atomic E-state index is -4.58. The summed E-state index contributed by atoms with van der Waals surface area (Å²) in [5, 5.41) is 5.37. The number of aryl methyl sites for hydroxylation is 1. The number of anilines is 4. The van der Waals surface area contributed by atoms with Gasteiger partial charge in [0.25, 0.3) is 5.91 Å². The molecule has 2 N–H and O–H groups in total. The van der Waals surface area contributed by atoms with E-state index < -0.39 is 23.7 Å². The van der Waals surface area contributed by atoms with Crippen molar-refractivity contribution in [1.29, 1.82) is 0 Å². The number of halogens is 3. The average Bonchev–Trinajstić information content (AvgIpc) is 3.56. The Morgan fingerprint density at radius 3 is 2.43 bits per heavy atom. The Labute approximate surface area is 250 Å². The van der Waals surface area contributed by atoms with E-state index >= 15 is 0 Å². The van der Waals surface area contributed by atoms with Crippen molar-refractivity contribution >= 4 is 34.9 Å². The zero-order chi connectivity index (χ0) is 31.3. The van der Waals surface area contributed by atoms with E-state index in [0.717, 1.165) is 17.7 Å². The van der Waals surface area contributed by atoms with Crippen LogP contribution >= 0.6 is 0 Å². The van der Waals surface area contributed by atoms with E-state index in [1.54, 1.807) is 30.0 Å². The minimum Gasteiger partial charge on any atom is -0.459 e. The first kappa shape index (κ1) is 29.9. The van der Waals surface area contributed by atoms with Crippen molar-refractivity contribution in [3.8, 4) is 0 Å². The van der Waals surface area contributed by atoms with Crippen LogP contribution < -0.4 is 20.4 Å². The number of nitrogens with zero attached hydrogens (tertiary/aromatic N) is 4. The minimum absolute atomic E-state index is 0.0691. The lowest BCUT2D eigenvalue weighted by Crippen LogP contribution is -2.32. The average molecular weight is 605 g/mol. The lowest BCUT2D eigenvalue weighted by molar-refractivity contribution is -0.137. The van der Waals surface area contributed by atoms with E-state index in [1.807, 2.05) is 30.3 Å². The summed E-state index contributed by atoms with van der Waals surface area (Å²) >= 11 is 0. The molecule has 226 valence electrons. The van der Waals surface area contributed by atoms with Gasteiger partial charge in [0.05, 0.1) is 12.1 Å². The Balaban J connectivity index is 1.31. The standard InChI is InChI=1S/C31H27F3N6O4/c1-20-11-12-24(37-29(41)22-9-6-10-23(13-22)31(32,33)34)14-25(20)38-30(42)39(2)26-15-27(36-18-35-26)40(28-17-43-19-44-28)16-21-7-4-3-5-8-21/h3-15,17-18H,16,19H2,1-2H3,(H,37,41)(H,38,42). The predicted molar refractivity (Wildman–Crippen MR) is 158 cm³/mol. The van der Waals surface area contributed by atoms with Gasteiger partial charge in [-0.25, -0.2) is 14.8 Å². The van der Waals surface area contributed by atoms with Gasteiger partial charge in [0.15, 0.2) is 0 Å². The van der Waals surface area contributed by atoms with Gasteiger partial charge >= 0.3 is 12.2 Å². The maximum absolute atomic E-state index is 13.3. The second kappa shape index (κ2) is 12.7. The highest BCUT2D eigenvalue weighted by molar-refractivity contribution is 6.05. The van der Waals surface area contributed by atoms with Gasteiger partial charge in [0.1, 0.15) is 24.2 Å². The van der Waals surface area contributed by atoms with Crippen molar-refractivity contribution in [3.05, 3.63) is 120 Å². The van der Waals surface area contributed by atoms with Gasteiger partial charge in [-0.3, -0.25) is 14.6 Å². The Bertz CT molecular complexity index is 1700. The van der Waals surface area contributed by atoms with Crippen LogP contribution in [0.5, 0.6) is 0 Å². The van der Waals surface area contributed by atoms with Gasteiger partial charge in [0, 0.05) is 30.1 Å². The molecule has 0 saturated heterocycles. The van der Waals surface area contributed by atoms with Crippen LogP contribution in [-0.4, -0.2) is 35.7 Å². The van der Waals surface area contributed by atoms with Crippen LogP contribution in [0.25, 0.3) is 0 Å². The van der Waals surface area contributed by atoms with Crippen molar-refractivity contribution in [3.63, 3.8) is 0 Å². The van der Waals surface area contributed by atoms with E-state index in [2.05, 4.69) is 20.6 Å². The van der Waals surface area contributed by atoms with Crippen molar-refractivity contribution in [2.45, 2.75) is 19.6 Å². The van der Waals surface area contributed by atoms with Gasteiger partial charge in [-0.15, -0.1) is 0 Å². The molecule has 10 nitrogen and oxygen atoms in total. The zero-order valence-corrected chi connectivity index (χ0v) is 23.6. The molecule has 13 heteroatoms. The second-order valence-corrected chi connectivity index (χ2v) is 9.74. The maximum Gasteiger partial charge on any atom is 0.416 e. The van der Waals surface area contributed by atoms with Crippen LogP contribution in [0.3, 0.4) is 0 Å². The number of ether oxygens (including phenoxy) is 2. The molecule has 0 radical (unpaired) electrons. The number of carbonyl (C=O) groups excluding carboxylic acids is 2. The molecule has 5 rings (SSSR count). The van der Waals surface area contributed by atoms with Crippen LogP contribution in [0.15, 0.2) is 97.3 Å². The fourth-order valence-electron chi connectivity index (χ4n) is 4.26. The van der Waals surface area contributed by atoms with E-state index in [-0.39, 0.29) is 23.9 Å². The first-order valence-electron chi connectivity index (χ1n) is 13.3. The maximum atomic E-state index is 13.3. The predicted octanol–water partition coefficient (Wildman–Crippen LogP) is 6.53. The molecule has 0 bridgehead atoms. The summed E-state index contributed by atoms with van der Waals surface area (Å²) in [6, 6.07) is 19.7. The SMILES string of the molecule is Cc1ccc(NC(=O)c2cccc(C(F)(F)F)c2)cc1NC(=O)N(C)c1cc(N(Cc2ccccc2)C2=COCO2)ncn1. The van der Waals surface area contributed by atoms with Gasteiger partial charge in [-0.1, -0.05) is 42.5 Å². The summed E-state index contributed by atoms with van der Waals surface area (Å²) in [5.41, 5.74) is 1.25. The molecule has 0 spiro atoms. The summed E-state index contributed by atoms with van der Waals surface area (Å²) in [5.74, 6) is 0.474. The van der Waals surface area contributed by atoms with Crippen molar-refractivity contribution in [2.24, 2.45) is 0 Å². The van der Waals surface area contributed by atoms with Crippen LogP contribution in [0.2, 0.25) is 0 Å². The number of urea groups is 1. The third kappa shape index (κ3) is 7.06. The van der Waals surface area contributed by atoms with Gasteiger partial charge in [-0.05, 0) is 48.4 Å². The Hall–Kier alpha value is -5.59. The molecule has 3 amide bonds. The first-order valence-corrected chi connectivity index (χ1v) is 13.3. The van der Waals surface area contributed by atoms with Crippen LogP contribution in [0, 0.1) is 6.92 Å². The molecular formula is C31H27F3N6O4. The first-order chi connectivity index (χ1) is 21.1. The van der Waals surface area contributed by atoms with E-state index in [1.165, 1.54) is 42.7 Å². The van der Waals surface area contributed by atoms with Gasteiger partial charge in [-0.2, -0.15) is 13.2 Å². The molecule has 0 fully saturated rings. The highest BCUT2D eigenvalue weighted by atomic mass is 19.4. The number of carbonyl (C=O) groups is 2. The third-order valence-electron chi connectivity index (χ3n) is 6.66. The number of benzene rings is 3. The molecule has 0 unspecified atom stereocenters. The quantitative estimate of drug-likeness (QED) is 0.235. The summed E-state index contributed by atoms with van der Waals surface area (Å²) in [7, 11) is 1.53. The summed E-state index contributed by atoms with van der Waals surface area (Å²) in [6.45, 7) is 2.25. The Morgan fingerprint density at radius 2 is 1.70 bits per heavy atom. The number of hydrogen-bond donors (Lipinski definition) is 2. The largest absolute Gasteiger partial charge is 0.459 e. The molecule has 1 aliphatic heterocycles. The highest BCUT2D eigenvalue weighted by Gasteiger charge is 2.31. The lowest BCUT2D eigenvalue weighted by Gasteiger charge is -2.24. The second-order valence-electron chi connectivity index (χ2n) is 9.74. The van der Waals surface area contributed by atoms with E-state index in [0.29, 0.717) is 29.5 Å². The van der Waals surface area contributed by atoms with Gasteiger partial charge < -0.3 is 20.1 Å². The fourth-order valence-corrected chi connectivity index (χ4v) is 4.26. The van der Waals surface area contributed by atoms with E-state index in [4.69, 9.17) is 9.47 Å². The molecule has 3 aromatic carbocycles. The summed E-state index contributed by atoms with van der Waals surface area (Å²) < 4.78 is 50.1. The number of rotatable bonds is 8. The summed E-state index contributed by atoms with van der Waals surface area (Å²) in [6.07, 6.45) is -1.76. The summed E-state index contributed by atoms with van der Waals surface area (Å²) in [4.78, 5) is 37.7. The van der Waals surface area contributed by atoms with Crippen molar-refractivity contribution in [1.82, 2.24) is 9.97 Å². The third-order valence-corrected chi connectivity index (χ3v) is 6.66. The van der Waals surface area contributed by atoms with Crippen LogP contribution in [0.1, 0.15) is 27.0 Å². The number of hydrogen-bond acceptors (Lipinski definition) is 7. The number of alkyl halides is 3.